The molecule has 3 rings (SSSR count). The summed E-state index contributed by atoms with van der Waals surface area (Å²) in [6.45, 7) is -0.156. The van der Waals surface area contributed by atoms with Crippen molar-refractivity contribution < 1.29 is 27.8 Å². The first kappa shape index (κ1) is 17.5. The maximum Gasteiger partial charge on any atom is 0.335 e. The zero-order chi connectivity index (χ0) is 18.7. The van der Waals surface area contributed by atoms with Crippen molar-refractivity contribution in [3.8, 4) is 16.9 Å². The van der Waals surface area contributed by atoms with Gasteiger partial charge in [0.1, 0.15) is 29.8 Å². The summed E-state index contributed by atoms with van der Waals surface area (Å²) in [7, 11) is 0. The molecule has 0 spiro atoms. The van der Waals surface area contributed by atoms with Crippen molar-refractivity contribution in [1.82, 2.24) is 0 Å². The average molecular weight is 358 g/mol. The molecule has 6 heteroatoms. The van der Waals surface area contributed by atoms with Crippen molar-refractivity contribution in [3.63, 3.8) is 0 Å². The molecule has 0 saturated carbocycles. The maximum atomic E-state index is 13.8. The van der Waals surface area contributed by atoms with Gasteiger partial charge in [-0.05, 0) is 48.0 Å². The number of ether oxygens (including phenoxy) is 1. The number of benzene rings is 3. The van der Waals surface area contributed by atoms with Gasteiger partial charge in [-0.25, -0.2) is 18.0 Å². The quantitative estimate of drug-likeness (QED) is 0.694. The Morgan fingerprint density at radius 1 is 0.885 bits per heavy atom. The number of rotatable bonds is 5. The van der Waals surface area contributed by atoms with Crippen molar-refractivity contribution in [2.75, 3.05) is 0 Å². The minimum absolute atomic E-state index is 0.0351. The second kappa shape index (κ2) is 7.31. The molecule has 0 aliphatic heterocycles. The molecule has 0 aliphatic carbocycles. The van der Waals surface area contributed by atoms with Gasteiger partial charge < -0.3 is 9.84 Å². The summed E-state index contributed by atoms with van der Waals surface area (Å²) >= 11 is 0. The van der Waals surface area contributed by atoms with Gasteiger partial charge in [0, 0.05) is 17.2 Å². The number of hydrogen-bond donors (Lipinski definition) is 1. The Labute approximate surface area is 147 Å². The van der Waals surface area contributed by atoms with Crippen LogP contribution in [-0.2, 0) is 6.61 Å². The van der Waals surface area contributed by atoms with Crippen molar-refractivity contribution in [2.24, 2.45) is 0 Å². The van der Waals surface area contributed by atoms with Crippen LogP contribution >= 0.6 is 0 Å². The Balaban J connectivity index is 1.74. The predicted molar refractivity (Wildman–Crippen MR) is 89.5 cm³/mol. The number of hydrogen-bond acceptors (Lipinski definition) is 2. The monoisotopic (exact) mass is 358 g/mol. The van der Waals surface area contributed by atoms with Gasteiger partial charge in [0.05, 0.1) is 5.56 Å². The molecule has 0 amide bonds. The third kappa shape index (κ3) is 3.85. The van der Waals surface area contributed by atoms with E-state index in [1.165, 1.54) is 24.3 Å². The van der Waals surface area contributed by atoms with Crippen LogP contribution in [0, 0.1) is 17.5 Å². The molecule has 132 valence electrons. The van der Waals surface area contributed by atoms with E-state index < -0.39 is 23.4 Å². The highest BCUT2D eigenvalue weighted by Gasteiger charge is 2.10. The summed E-state index contributed by atoms with van der Waals surface area (Å²) in [6.07, 6.45) is 0. The van der Waals surface area contributed by atoms with Crippen LogP contribution in [0.3, 0.4) is 0 Å². The molecule has 0 atom stereocenters. The second-order valence-electron chi connectivity index (χ2n) is 5.55. The third-order valence-corrected chi connectivity index (χ3v) is 3.78. The molecule has 0 aromatic heterocycles. The molecule has 0 radical (unpaired) electrons. The molecule has 0 unspecified atom stereocenters. The van der Waals surface area contributed by atoms with E-state index in [1.54, 1.807) is 24.3 Å². The molecule has 0 saturated heterocycles. The van der Waals surface area contributed by atoms with Crippen LogP contribution in [0.5, 0.6) is 5.75 Å². The summed E-state index contributed by atoms with van der Waals surface area (Å²) in [5.74, 6) is -2.66. The van der Waals surface area contributed by atoms with E-state index in [4.69, 9.17) is 9.84 Å². The van der Waals surface area contributed by atoms with E-state index in [0.29, 0.717) is 11.3 Å². The van der Waals surface area contributed by atoms with E-state index >= 15 is 0 Å². The normalized spacial score (nSPS) is 10.6. The topological polar surface area (TPSA) is 46.5 Å². The first-order valence-corrected chi connectivity index (χ1v) is 7.64. The SMILES string of the molecule is O=C(O)c1ccc(F)c(COc2ccc(-c3ccc(F)cc3F)cc2)c1. The number of carbonyl (C=O) groups is 1. The van der Waals surface area contributed by atoms with Gasteiger partial charge in [0.25, 0.3) is 0 Å². The van der Waals surface area contributed by atoms with Crippen LogP contribution in [0.1, 0.15) is 15.9 Å². The van der Waals surface area contributed by atoms with E-state index in [9.17, 15) is 18.0 Å². The third-order valence-electron chi connectivity index (χ3n) is 3.78. The largest absolute Gasteiger partial charge is 0.489 e. The van der Waals surface area contributed by atoms with Crippen molar-refractivity contribution in [2.45, 2.75) is 6.61 Å². The van der Waals surface area contributed by atoms with E-state index in [0.717, 1.165) is 12.1 Å². The smallest absolute Gasteiger partial charge is 0.335 e. The standard InChI is InChI=1S/C20H13F3O3/c21-15-4-7-17(19(23)10-15)12-1-5-16(6-2-12)26-11-14-9-13(20(24)25)3-8-18(14)22/h1-10H,11H2,(H,24,25). The summed E-state index contributed by atoms with van der Waals surface area (Å²) in [5, 5.41) is 8.95. The predicted octanol–water partition coefficient (Wildman–Crippen LogP) is 5.05. The minimum atomic E-state index is -1.16. The minimum Gasteiger partial charge on any atom is -0.489 e. The second-order valence-corrected chi connectivity index (χ2v) is 5.55. The molecule has 0 aliphatic rings. The van der Waals surface area contributed by atoms with E-state index in [2.05, 4.69) is 0 Å². The number of carboxylic acids is 1. The molecule has 0 heterocycles. The van der Waals surface area contributed by atoms with Gasteiger partial charge in [-0.15, -0.1) is 0 Å². The Kier molecular flexibility index (Phi) is 4.93. The van der Waals surface area contributed by atoms with Crippen molar-refractivity contribution in [3.05, 3.63) is 89.2 Å². The van der Waals surface area contributed by atoms with Crippen LogP contribution in [0.15, 0.2) is 60.7 Å². The lowest BCUT2D eigenvalue weighted by Gasteiger charge is -2.09. The fourth-order valence-corrected chi connectivity index (χ4v) is 2.43. The number of carboxylic acid groups (broad SMARTS) is 1. The Morgan fingerprint density at radius 2 is 1.62 bits per heavy atom. The summed E-state index contributed by atoms with van der Waals surface area (Å²) in [6, 6.07) is 13.1. The molecule has 26 heavy (non-hydrogen) atoms. The highest BCUT2D eigenvalue weighted by atomic mass is 19.1. The molecule has 0 bridgehead atoms. The van der Waals surface area contributed by atoms with Gasteiger partial charge in [-0.3, -0.25) is 0 Å². The molecule has 3 nitrogen and oxygen atoms in total. The zero-order valence-corrected chi connectivity index (χ0v) is 13.4. The van der Waals surface area contributed by atoms with Crippen LogP contribution in [-0.4, -0.2) is 11.1 Å². The Morgan fingerprint density at radius 3 is 2.27 bits per heavy atom. The number of aromatic carboxylic acids is 1. The van der Waals surface area contributed by atoms with Crippen LogP contribution < -0.4 is 4.74 Å². The maximum absolute atomic E-state index is 13.8. The first-order valence-electron chi connectivity index (χ1n) is 7.64. The van der Waals surface area contributed by atoms with Crippen molar-refractivity contribution >= 4 is 5.97 Å². The highest BCUT2D eigenvalue weighted by Crippen LogP contribution is 2.26. The van der Waals surface area contributed by atoms with Gasteiger partial charge in [-0.1, -0.05) is 12.1 Å². The van der Waals surface area contributed by atoms with Gasteiger partial charge in [0.2, 0.25) is 0 Å². The van der Waals surface area contributed by atoms with Crippen LogP contribution in [0.25, 0.3) is 11.1 Å². The zero-order valence-electron chi connectivity index (χ0n) is 13.4. The summed E-state index contributed by atoms with van der Waals surface area (Å²) in [4.78, 5) is 10.9. The van der Waals surface area contributed by atoms with E-state index in [-0.39, 0.29) is 23.3 Å². The lowest BCUT2D eigenvalue weighted by Crippen LogP contribution is -2.03. The van der Waals surface area contributed by atoms with Gasteiger partial charge in [-0.2, -0.15) is 0 Å². The fraction of sp³-hybridized carbons (Fsp3) is 0.0500. The van der Waals surface area contributed by atoms with Crippen LogP contribution in [0.4, 0.5) is 13.2 Å². The molecule has 3 aromatic carbocycles. The molecule has 1 N–H and O–H groups in total. The van der Waals surface area contributed by atoms with Gasteiger partial charge >= 0.3 is 5.97 Å². The van der Waals surface area contributed by atoms with E-state index in [1.807, 2.05) is 0 Å². The van der Waals surface area contributed by atoms with Crippen molar-refractivity contribution in [1.29, 1.82) is 0 Å². The Bertz CT molecular complexity index is 953. The van der Waals surface area contributed by atoms with Crippen LogP contribution in [0.2, 0.25) is 0 Å². The van der Waals surface area contributed by atoms with Gasteiger partial charge in [0.15, 0.2) is 0 Å². The molecular formula is C20H13F3O3. The Hall–Kier alpha value is -3.28. The highest BCUT2D eigenvalue weighted by molar-refractivity contribution is 5.87. The first-order chi connectivity index (χ1) is 12.4. The molecule has 3 aromatic rings. The lowest BCUT2D eigenvalue weighted by atomic mass is 10.1. The number of halogens is 3. The fourth-order valence-electron chi connectivity index (χ4n) is 2.43. The molecule has 0 fully saturated rings. The summed E-state index contributed by atoms with van der Waals surface area (Å²) < 4.78 is 46.0. The molecular weight excluding hydrogens is 345 g/mol. The lowest BCUT2D eigenvalue weighted by molar-refractivity contribution is 0.0696. The summed E-state index contributed by atoms with van der Waals surface area (Å²) in [5.41, 5.74) is 0.859. The average Bonchev–Trinajstić information content (AvgIpc) is 2.61.